The minimum absolute atomic E-state index is 0.641. The maximum atomic E-state index is 6.38. The molecule has 2 aliphatic carbocycles. The molecule has 3 unspecified atom stereocenters. The molecule has 0 aliphatic heterocycles. The maximum absolute atomic E-state index is 6.38. The minimum atomic E-state index is 0.641. The quantitative estimate of drug-likeness (QED) is 0.865. The van der Waals surface area contributed by atoms with Crippen molar-refractivity contribution in [2.75, 3.05) is 20.8 Å². The van der Waals surface area contributed by atoms with E-state index in [-0.39, 0.29) is 0 Å². The Hall–Kier alpha value is -0.930. The number of nitrogens with one attached hydrogen (secondary N) is 1. The molecule has 0 radical (unpaired) electrons. The van der Waals surface area contributed by atoms with Gasteiger partial charge in [-0.1, -0.05) is 18.0 Å². The Kier molecular flexibility index (Phi) is 4.60. The van der Waals surface area contributed by atoms with Crippen molar-refractivity contribution in [1.29, 1.82) is 0 Å². The standard InChI is InChI=1S/C17H24ClNO2/c1-19-9-12-7-15(18)17(16(8-12)20-2)21-10-14-6-11-3-4-13(14)5-11/h7-8,11,13-14,19H,3-6,9-10H2,1-2H3. The molecule has 2 saturated carbocycles. The van der Waals surface area contributed by atoms with Crippen molar-refractivity contribution in [2.24, 2.45) is 17.8 Å². The Morgan fingerprint density at radius 1 is 1.29 bits per heavy atom. The van der Waals surface area contributed by atoms with Crippen LogP contribution in [0, 0.1) is 17.8 Å². The number of rotatable bonds is 6. The lowest BCUT2D eigenvalue weighted by molar-refractivity contribution is 0.190. The number of fused-ring (bicyclic) bond motifs is 2. The second-order valence-electron chi connectivity index (χ2n) is 6.39. The average Bonchev–Trinajstić information content (AvgIpc) is 3.08. The molecule has 0 spiro atoms. The molecule has 1 N–H and O–H groups in total. The summed E-state index contributed by atoms with van der Waals surface area (Å²) in [7, 11) is 3.58. The summed E-state index contributed by atoms with van der Waals surface area (Å²) in [5.74, 6) is 3.93. The monoisotopic (exact) mass is 309 g/mol. The zero-order valence-electron chi connectivity index (χ0n) is 12.8. The summed E-state index contributed by atoms with van der Waals surface area (Å²) in [6, 6.07) is 3.95. The summed E-state index contributed by atoms with van der Waals surface area (Å²) < 4.78 is 11.5. The number of halogens is 1. The summed E-state index contributed by atoms with van der Waals surface area (Å²) in [5.41, 5.74) is 1.10. The molecule has 0 saturated heterocycles. The highest BCUT2D eigenvalue weighted by Crippen LogP contribution is 2.48. The normalized spacial score (nSPS) is 27.1. The highest BCUT2D eigenvalue weighted by atomic mass is 35.5. The zero-order chi connectivity index (χ0) is 14.8. The molecule has 21 heavy (non-hydrogen) atoms. The third-order valence-electron chi connectivity index (χ3n) is 5.00. The Balaban J connectivity index is 1.69. The smallest absolute Gasteiger partial charge is 0.179 e. The second kappa shape index (κ2) is 6.45. The molecule has 0 aromatic heterocycles. The van der Waals surface area contributed by atoms with Crippen LogP contribution in [0.25, 0.3) is 0 Å². The van der Waals surface area contributed by atoms with Gasteiger partial charge in [0, 0.05) is 6.54 Å². The molecule has 116 valence electrons. The van der Waals surface area contributed by atoms with E-state index < -0.39 is 0 Å². The van der Waals surface area contributed by atoms with E-state index in [0.717, 1.165) is 36.3 Å². The van der Waals surface area contributed by atoms with Gasteiger partial charge in [-0.3, -0.25) is 0 Å². The fourth-order valence-electron chi connectivity index (χ4n) is 3.99. The fraction of sp³-hybridized carbons (Fsp3) is 0.647. The van der Waals surface area contributed by atoms with Crippen LogP contribution in [0.1, 0.15) is 31.2 Å². The van der Waals surface area contributed by atoms with Gasteiger partial charge in [-0.05, 0) is 61.8 Å². The summed E-state index contributed by atoms with van der Waals surface area (Å²) >= 11 is 6.38. The second-order valence-corrected chi connectivity index (χ2v) is 6.79. The lowest BCUT2D eigenvalue weighted by Gasteiger charge is -2.23. The lowest BCUT2D eigenvalue weighted by Crippen LogP contribution is -2.19. The predicted octanol–water partition coefficient (Wildman–Crippen LogP) is 3.88. The van der Waals surface area contributed by atoms with Gasteiger partial charge in [-0.2, -0.15) is 0 Å². The van der Waals surface area contributed by atoms with E-state index in [4.69, 9.17) is 21.1 Å². The van der Waals surface area contributed by atoms with Crippen LogP contribution in [0.2, 0.25) is 5.02 Å². The molecular weight excluding hydrogens is 286 g/mol. The van der Waals surface area contributed by atoms with Crippen LogP contribution in [-0.2, 0) is 6.54 Å². The Bertz CT molecular complexity index is 506. The van der Waals surface area contributed by atoms with E-state index in [2.05, 4.69) is 5.32 Å². The minimum Gasteiger partial charge on any atom is -0.493 e. The van der Waals surface area contributed by atoms with Crippen molar-refractivity contribution in [1.82, 2.24) is 5.32 Å². The van der Waals surface area contributed by atoms with E-state index >= 15 is 0 Å². The predicted molar refractivity (Wildman–Crippen MR) is 85.2 cm³/mol. The molecule has 3 atom stereocenters. The number of hydrogen-bond donors (Lipinski definition) is 1. The first-order valence-corrected chi connectivity index (χ1v) is 8.22. The molecule has 0 heterocycles. The third kappa shape index (κ3) is 3.14. The van der Waals surface area contributed by atoms with Crippen LogP contribution >= 0.6 is 11.6 Å². The van der Waals surface area contributed by atoms with E-state index in [9.17, 15) is 0 Å². The SMILES string of the molecule is CNCc1cc(Cl)c(OCC2CC3CCC2C3)c(OC)c1. The molecule has 2 aliphatic rings. The molecule has 0 amide bonds. The van der Waals surface area contributed by atoms with Crippen LogP contribution in [0.5, 0.6) is 11.5 Å². The third-order valence-corrected chi connectivity index (χ3v) is 5.28. The topological polar surface area (TPSA) is 30.5 Å². The van der Waals surface area contributed by atoms with Gasteiger partial charge in [-0.15, -0.1) is 0 Å². The van der Waals surface area contributed by atoms with Crippen molar-refractivity contribution in [3.8, 4) is 11.5 Å². The number of methoxy groups -OCH3 is 1. The van der Waals surface area contributed by atoms with E-state index in [1.807, 2.05) is 19.2 Å². The van der Waals surface area contributed by atoms with Crippen LogP contribution in [-0.4, -0.2) is 20.8 Å². The highest BCUT2D eigenvalue weighted by Gasteiger charge is 2.39. The van der Waals surface area contributed by atoms with Gasteiger partial charge in [0.1, 0.15) is 0 Å². The van der Waals surface area contributed by atoms with Crippen molar-refractivity contribution >= 4 is 11.6 Å². The molecule has 3 nitrogen and oxygen atoms in total. The number of ether oxygens (including phenoxy) is 2. The molecule has 2 bridgehead atoms. The van der Waals surface area contributed by atoms with Gasteiger partial charge in [0.15, 0.2) is 11.5 Å². The van der Waals surface area contributed by atoms with Gasteiger partial charge >= 0.3 is 0 Å². The Morgan fingerprint density at radius 2 is 2.14 bits per heavy atom. The molecule has 2 fully saturated rings. The van der Waals surface area contributed by atoms with E-state index in [1.165, 1.54) is 25.7 Å². The molecule has 3 rings (SSSR count). The van der Waals surface area contributed by atoms with E-state index in [0.29, 0.717) is 16.7 Å². The first-order chi connectivity index (χ1) is 10.2. The lowest BCUT2D eigenvalue weighted by atomic mass is 9.89. The molecular formula is C17H24ClNO2. The van der Waals surface area contributed by atoms with Gasteiger partial charge in [0.25, 0.3) is 0 Å². The maximum Gasteiger partial charge on any atom is 0.179 e. The Morgan fingerprint density at radius 3 is 2.76 bits per heavy atom. The number of hydrogen-bond acceptors (Lipinski definition) is 3. The van der Waals surface area contributed by atoms with Crippen molar-refractivity contribution in [2.45, 2.75) is 32.2 Å². The Labute approximate surface area is 132 Å². The summed E-state index contributed by atoms with van der Waals surface area (Å²) in [6.07, 6.45) is 5.52. The van der Waals surface area contributed by atoms with Crippen LogP contribution in [0.3, 0.4) is 0 Å². The van der Waals surface area contributed by atoms with Gasteiger partial charge < -0.3 is 14.8 Å². The van der Waals surface area contributed by atoms with Gasteiger partial charge in [0.2, 0.25) is 0 Å². The van der Waals surface area contributed by atoms with Crippen LogP contribution < -0.4 is 14.8 Å². The number of benzene rings is 1. The van der Waals surface area contributed by atoms with Gasteiger partial charge in [0.05, 0.1) is 18.7 Å². The van der Waals surface area contributed by atoms with Crippen LogP contribution in [0.4, 0.5) is 0 Å². The van der Waals surface area contributed by atoms with Crippen molar-refractivity contribution in [3.05, 3.63) is 22.7 Å². The molecule has 4 heteroatoms. The van der Waals surface area contributed by atoms with Gasteiger partial charge in [-0.25, -0.2) is 0 Å². The first kappa shape index (κ1) is 15.0. The van der Waals surface area contributed by atoms with Crippen molar-refractivity contribution < 1.29 is 9.47 Å². The summed E-state index contributed by atoms with van der Waals surface area (Å²) in [6.45, 7) is 1.53. The summed E-state index contributed by atoms with van der Waals surface area (Å²) in [4.78, 5) is 0. The summed E-state index contributed by atoms with van der Waals surface area (Å²) in [5, 5.41) is 3.76. The average molecular weight is 310 g/mol. The van der Waals surface area contributed by atoms with Crippen molar-refractivity contribution in [3.63, 3.8) is 0 Å². The molecule has 1 aromatic carbocycles. The highest BCUT2D eigenvalue weighted by molar-refractivity contribution is 6.32. The van der Waals surface area contributed by atoms with E-state index in [1.54, 1.807) is 7.11 Å². The largest absolute Gasteiger partial charge is 0.493 e. The molecule has 1 aromatic rings. The first-order valence-electron chi connectivity index (χ1n) is 7.85. The van der Waals surface area contributed by atoms with Crippen LogP contribution in [0.15, 0.2) is 12.1 Å². The fourth-order valence-corrected chi connectivity index (χ4v) is 4.28. The zero-order valence-corrected chi connectivity index (χ0v) is 13.6.